The molecular weight excluding hydrogens is 300 g/mol. The fourth-order valence-corrected chi connectivity index (χ4v) is 3.49. The van der Waals surface area contributed by atoms with E-state index in [1.165, 1.54) is 25.7 Å². The summed E-state index contributed by atoms with van der Waals surface area (Å²) < 4.78 is 5.39. The van der Waals surface area contributed by atoms with Crippen LogP contribution in [0.25, 0.3) is 0 Å². The van der Waals surface area contributed by atoms with Gasteiger partial charge < -0.3 is 15.4 Å². The monoisotopic (exact) mass is 322 g/mol. The molecular formula is C17H23ClN2O2. The zero-order valence-electron chi connectivity index (χ0n) is 12.7. The Morgan fingerprint density at radius 2 is 2.05 bits per heavy atom. The molecule has 1 heterocycles. The van der Waals surface area contributed by atoms with Crippen LogP contribution in [-0.4, -0.2) is 32.3 Å². The molecule has 2 amide bonds. The molecule has 2 fully saturated rings. The van der Waals surface area contributed by atoms with Crippen molar-refractivity contribution in [3.8, 4) is 0 Å². The van der Waals surface area contributed by atoms with E-state index in [1.807, 2.05) is 24.3 Å². The van der Waals surface area contributed by atoms with Crippen molar-refractivity contribution in [2.45, 2.75) is 31.1 Å². The third kappa shape index (κ3) is 3.55. The number of nitrogens with one attached hydrogen (secondary N) is 2. The molecule has 0 atom stereocenters. The zero-order chi connectivity index (χ0) is 15.4. The number of carbonyl (C=O) groups is 1. The van der Waals surface area contributed by atoms with Crippen LogP contribution in [0.4, 0.5) is 4.79 Å². The Hall–Kier alpha value is -1.26. The quantitative estimate of drug-likeness (QED) is 0.875. The summed E-state index contributed by atoms with van der Waals surface area (Å²) in [5, 5.41) is 6.70. The minimum Gasteiger partial charge on any atom is -0.379 e. The van der Waals surface area contributed by atoms with Crippen molar-refractivity contribution in [3.63, 3.8) is 0 Å². The van der Waals surface area contributed by atoms with Crippen molar-refractivity contribution < 1.29 is 9.53 Å². The van der Waals surface area contributed by atoms with Crippen LogP contribution in [0, 0.1) is 5.92 Å². The lowest BCUT2D eigenvalue weighted by Crippen LogP contribution is -2.55. The molecule has 120 valence electrons. The maximum Gasteiger partial charge on any atom is 0.314 e. The Bertz CT molecular complexity index is 525. The van der Waals surface area contributed by atoms with Gasteiger partial charge in [0.25, 0.3) is 0 Å². The first-order chi connectivity index (χ1) is 10.7. The highest BCUT2D eigenvalue weighted by molar-refractivity contribution is 6.30. The standard InChI is InChI=1S/C17H23ClN2O2/c18-15-7-3-6-14(8-15)17(11-22-12-17)10-20-16(21)19-9-13-4-1-2-5-13/h3,6-8,13H,1-2,4-5,9-12H2,(H2,19,20,21). The van der Waals surface area contributed by atoms with Crippen LogP contribution in [0.2, 0.25) is 5.02 Å². The molecule has 0 aromatic heterocycles. The highest BCUT2D eigenvalue weighted by Gasteiger charge is 2.40. The van der Waals surface area contributed by atoms with E-state index in [2.05, 4.69) is 10.6 Å². The van der Waals surface area contributed by atoms with Gasteiger partial charge in [-0.2, -0.15) is 0 Å². The second-order valence-electron chi connectivity index (χ2n) is 6.50. The van der Waals surface area contributed by atoms with E-state index >= 15 is 0 Å². The van der Waals surface area contributed by atoms with Crippen LogP contribution >= 0.6 is 11.6 Å². The topological polar surface area (TPSA) is 50.4 Å². The number of rotatable bonds is 5. The molecule has 3 rings (SSSR count). The van der Waals surface area contributed by atoms with Crippen molar-refractivity contribution in [2.24, 2.45) is 5.92 Å². The van der Waals surface area contributed by atoms with Gasteiger partial charge in [0.05, 0.1) is 18.6 Å². The Morgan fingerprint density at radius 1 is 1.27 bits per heavy atom. The summed E-state index contributed by atoms with van der Waals surface area (Å²) in [5.74, 6) is 0.652. The second-order valence-corrected chi connectivity index (χ2v) is 6.93. The molecule has 1 saturated heterocycles. The number of hydrogen-bond donors (Lipinski definition) is 2. The summed E-state index contributed by atoms with van der Waals surface area (Å²) in [6.07, 6.45) is 5.06. The van der Waals surface area contributed by atoms with Crippen LogP contribution in [0.15, 0.2) is 24.3 Å². The fraction of sp³-hybridized carbons (Fsp3) is 0.588. The van der Waals surface area contributed by atoms with Gasteiger partial charge in [-0.15, -0.1) is 0 Å². The first-order valence-corrected chi connectivity index (χ1v) is 8.41. The number of urea groups is 1. The van der Waals surface area contributed by atoms with Crippen molar-refractivity contribution in [1.82, 2.24) is 10.6 Å². The van der Waals surface area contributed by atoms with Crippen molar-refractivity contribution >= 4 is 17.6 Å². The number of ether oxygens (including phenoxy) is 1. The molecule has 2 N–H and O–H groups in total. The van der Waals surface area contributed by atoms with Gasteiger partial charge in [-0.05, 0) is 36.5 Å². The first-order valence-electron chi connectivity index (χ1n) is 8.03. The number of benzene rings is 1. The maximum absolute atomic E-state index is 12.0. The summed E-state index contributed by atoms with van der Waals surface area (Å²) in [6.45, 7) is 2.60. The van der Waals surface area contributed by atoms with Gasteiger partial charge in [0, 0.05) is 18.1 Å². The SMILES string of the molecule is O=C(NCC1CCCC1)NCC1(c2cccc(Cl)c2)COC1. The molecule has 0 spiro atoms. The van der Waals surface area contributed by atoms with Crippen LogP contribution in [0.3, 0.4) is 0 Å². The summed E-state index contributed by atoms with van der Waals surface area (Å²) in [7, 11) is 0. The van der Waals surface area contributed by atoms with Crippen LogP contribution in [-0.2, 0) is 10.2 Å². The number of halogens is 1. The lowest BCUT2D eigenvalue weighted by atomic mass is 9.78. The maximum atomic E-state index is 12.0. The van der Waals surface area contributed by atoms with Gasteiger partial charge in [0.2, 0.25) is 0 Å². The lowest BCUT2D eigenvalue weighted by Gasteiger charge is -2.42. The molecule has 1 aliphatic carbocycles. The predicted octanol–water partition coefficient (Wildman–Crippen LogP) is 3.10. The number of hydrogen-bond acceptors (Lipinski definition) is 2. The molecule has 1 aromatic rings. The molecule has 1 saturated carbocycles. The highest BCUT2D eigenvalue weighted by Crippen LogP contribution is 2.33. The third-order valence-corrected chi connectivity index (χ3v) is 5.04. The zero-order valence-corrected chi connectivity index (χ0v) is 13.5. The summed E-state index contributed by atoms with van der Waals surface area (Å²) in [6, 6.07) is 7.73. The van der Waals surface area contributed by atoms with E-state index in [0.29, 0.717) is 25.7 Å². The second kappa shape index (κ2) is 6.88. The van der Waals surface area contributed by atoms with E-state index in [0.717, 1.165) is 17.1 Å². The van der Waals surface area contributed by atoms with Gasteiger partial charge in [0.1, 0.15) is 0 Å². The van der Waals surface area contributed by atoms with Crippen LogP contribution in [0.1, 0.15) is 31.2 Å². The van der Waals surface area contributed by atoms with E-state index in [4.69, 9.17) is 16.3 Å². The molecule has 1 aromatic carbocycles. The molecule has 0 unspecified atom stereocenters. The van der Waals surface area contributed by atoms with Crippen LogP contribution in [0.5, 0.6) is 0 Å². The van der Waals surface area contributed by atoms with E-state index < -0.39 is 0 Å². The fourth-order valence-electron chi connectivity index (χ4n) is 3.30. The number of amides is 2. The van der Waals surface area contributed by atoms with Crippen molar-refractivity contribution in [2.75, 3.05) is 26.3 Å². The normalized spacial score (nSPS) is 20.4. The third-order valence-electron chi connectivity index (χ3n) is 4.81. The van der Waals surface area contributed by atoms with Crippen molar-refractivity contribution in [3.05, 3.63) is 34.9 Å². The average molecular weight is 323 g/mol. The first kappa shape index (κ1) is 15.6. The van der Waals surface area contributed by atoms with Gasteiger partial charge in [0.15, 0.2) is 0 Å². The molecule has 0 radical (unpaired) electrons. The van der Waals surface area contributed by atoms with Gasteiger partial charge >= 0.3 is 6.03 Å². The van der Waals surface area contributed by atoms with Gasteiger partial charge in [-0.1, -0.05) is 36.6 Å². The Kier molecular flexibility index (Phi) is 4.89. The van der Waals surface area contributed by atoms with Crippen molar-refractivity contribution in [1.29, 1.82) is 0 Å². The number of carbonyl (C=O) groups excluding carboxylic acids is 1. The molecule has 4 nitrogen and oxygen atoms in total. The highest BCUT2D eigenvalue weighted by atomic mass is 35.5. The molecule has 2 aliphatic rings. The van der Waals surface area contributed by atoms with Crippen LogP contribution < -0.4 is 10.6 Å². The summed E-state index contributed by atoms with van der Waals surface area (Å²) in [5.41, 5.74) is 0.984. The molecule has 5 heteroatoms. The largest absolute Gasteiger partial charge is 0.379 e. The molecule has 0 bridgehead atoms. The minimum atomic E-state index is -0.143. The van der Waals surface area contributed by atoms with E-state index in [-0.39, 0.29) is 11.4 Å². The van der Waals surface area contributed by atoms with Gasteiger partial charge in [-0.25, -0.2) is 4.79 Å². The smallest absolute Gasteiger partial charge is 0.314 e. The van der Waals surface area contributed by atoms with Gasteiger partial charge in [-0.3, -0.25) is 0 Å². The average Bonchev–Trinajstić information content (AvgIpc) is 2.97. The summed E-state index contributed by atoms with van der Waals surface area (Å²) in [4.78, 5) is 12.0. The Labute approximate surface area is 136 Å². The summed E-state index contributed by atoms with van der Waals surface area (Å²) >= 11 is 6.08. The van der Waals surface area contributed by atoms with E-state index in [1.54, 1.807) is 0 Å². The van der Waals surface area contributed by atoms with E-state index in [9.17, 15) is 4.79 Å². The molecule has 1 aliphatic heterocycles. The molecule has 22 heavy (non-hydrogen) atoms. The Morgan fingerprint density at radius 3 is 2.68 bits per heavy atom. The lowest BCUT2D eigenvalue weighted by molar-refractivity contribution is -0.0576. The minimum absolute atomic E-state index is 0.0831. The predicted molar refractivity (Wildman–Crippen MR) is 87.3 cm³/mol. The Balaban J connectivity index is 1.51.